The summed E-state index contributed by atoms with van der Waals surface area (Å²) in [4.78, 5) is 0. The third-order valence-electron chi connectivity index (χ3n) is 4.48. The lowest BCUT2D eigenvalue weighted by molar-refractivity contribution is -0.268. The van der Waals surface area contributed by atoms with Crippen molar-refractivity contribution in [2.45, 2.75) is 67.8 Å². The van der Waals surface area contributed by atoms with E-state index in [4.69, 9.17) is 42.3 Å². The van der Waals surface area contributed by atoms with Gasteiger partial charge in [0.2, 0.25) is 0 Å². The predicted molar refractivity (Wildman–Crippen MR) is 84.4 cm³/mol. The van der Waals surface area contributed by atoms with Gasteiger partial charge in [0, 0.05) is 18.6 Å². The van der Waals surface area contributed by atoms with E-state index in [2.05, 4.69) is 0 Å². The second-order valence-corrected chi connectivity index (χ2v) is 6.29. The molecule has 24 heavy (non-hydrogen) atoms. The lowest BCUT2D eigenvalue weighted by Crippen LogP contribution is -2.65. The summed E-state index contributed by atoms with van der Waals surface area (Å²) in [5.41, 5.74) is 23.5. The standard InChI is InChI=1S/C14H28N4O6/c15-5-10-9(20)4-8(18)14(23-10)24-13-7(17)3-6(16)12(11(13)21)22-2-1-19/h1-2,6-14,19-21H,3-5,15-18H2. The summed E-state index contributed by atoms with van der Waals surface area (Å²) in [7, 11) is 0. The minimum atomic E-state index is -1.14. The van der Waals surface area contributed by atoms with E-state index in [1.807, 2.05) is 0 Å². The van der Waals surface area contributed by atoms with Gasteiger partial charge in [0.15, 0.2) is 6.29 Å². The molecule has 11 N–H and O–H groups in total. The van der Waals surface area contributed by atoms with E-state index < -0.39 is 54.9 Å². The number of hydrogen-bond donors (Lipinski definition) is 7. The molecule has 0 radical (unpaired) electrons. The minimum Gasteiger partial charge on any atom is -0.512 e. The average molecular weight is 348 g/mol. The largest absolute Gasteiger partial charge is 0.512 e. The van der Waals surface area contributed by atoms with E-state index in [9.17, 15) is 10.2 Å². The molecule has 9 unspecified atom stereocenters. The Labute approximate surface area is 140 Å². The lowest BCUT2D eigenvalue weighted by Gasteiger charge is -2.45. The number of hydrogen-bond acceptors (Lipinski definition) is 10. The highest BCUT2D eigenvalue weighted by molar-refractivity contribution is 5.00. The van der Waals surface area contributed by atoms with E-state index in [-0.39, 0.29) is 13.0 Å². The zero-order valence-electron chi connectivity index (χ0n) is 13.3. The Bertz CT molecular complexity index is 428. The van der Waals surface area contributed by atoms with Crippen LogP contribution in [0.1, 0.15) is 12.8 Å². The Hall–Kier alpha value is -0.980. The van der Waals surface area contributed by atoms with Gasteiger partial charge in [-0.3, -0.25) is 0 Å². The van der Waals surface area contributed by atoms with Gasteiger partial charge in [-0.1, -0.05) is 0 Å². The first kappa shape index (κ1) is 19.3. The van der Waals surface area contributed by atoms with E-state index in [0.29, 0.717) is 12.7 Å². The van der Waals surface area contributed by atoms with Crippen LogP contribution in [0.15, 0.2) is 12.5 Å². The molecule has 0 bridgehead atoms. The summed E-state index contributed by atoms with van der Waals surface area (Å²) in [6, 6.07) is -1.66. The molecule has 0 aromatic carbocycles. The summed E-state index contributed by atoms with van der Waals surface area (Å²) in [6.07, 6.45) is -2.65. The van der Waals surface area contributed by atoms with Crippen LogP contribution in [0.25, 0.3) is 0 Å². The maximum atomic E-state index is 10.5. The zero-order valence-corrected chi connectivity index (χ0v) is 13.3. The maximum Gasteiger partial charge on any atom is 0.173 e. The van der Waals surface area contributed by atoms with Crippen LogP contribution in [-0.4, -0.2) is 76.8 Å². The first-order valence-corrected chi connectivity index (χ1v) is 7.97. The molecular weight excluding hydrogens is 320 g/mol. The molecule has 0 amide bonds. The number of ether oxygens (including phenoxy) is 3. The topological polar surface area (TPSA) is 192 Å². The molecule has 2 rings (SSSR count). The van der Waals surface area contributed by atoms with Crippen LogP contribution in [0, 0.1) is 0 Å². The van der Waals surface area contributed by atoms with Crippen LogP contribution in [0.2, 0.25) is 0 Å². The van der Waals surface area contributed by atoms with Crippen molar-refractivity contribution >= 4 is 0 Å². The van der Waals surface area contributed by atoms with Crippen LogP contribution >= 0.6 is 0 Å². The summed E-state index contributed by atoms with van der Waals surface area (Å²) in [5.74, 6) is 0. The maximum absolute atomic E-state index is 10.5. The SMILES string of the molecule is NCC1OC(OC2C(N)CC(N)C(OC=CO)C2O)C(N)CC1O. The monoisotopic (exact) mass is 348 g/mol. The fraction of sp³-hybridized carbons (Fsp3) is 0.857. The fourth-order valence-electron chi connectivity index (χ4n) is 3.17. The molecular formula is C14H28N4O6. The average Bonchev–Trinajstić information content (AvgIpc) is 2.53. The van der Waals surface area contributed by atoms with Crippen LogP contribution < -0.4 is 22.9 Å². The number of rotatable bonds is 5. The highest BCUT2D eigenvalue weighted by Gasteiger charge is 2.46. The number of nitrogens with two attached hydrogens (primary N) is 4. The normalized spacial score (nSPS) is 47.0. The van der Waals surface area contributed by atoms with Crippen LogP contribution in [-0.2, 0) is 14.2 Å². The molecule has 10 nitrogen and oxygen atoms in total. The van der Waals surface area contributed by atoms with Gasteiger partial charge in [0.05, 0.1) is 18.2 Å². The molecule has 0 spiro atoms. The van der Waals surface area contributed by atoms with Crippen molar-refractivity contribution < 1.29 is 29.5 Å². The molecule has 2 aliphatic rings. The number of aliphatic hydroxyl groups is 3. The fourth-order valence-corrected chi connectivity index (χ4v) is 3.17. The molecule has 1 aliphatic heterocycles. The van der Waals surface area contributed by atoms with Crippen molar-refractivity contribution in [1.29, 1.82) is 0 Å². The quantitative estimate of drug-likeness (QED) is 0.251. The summed E-state index contributed by atoms with van der Waals surface area (Å²) in [5, 5.41) is 29.1. The predicted octanol–water partition coefficient (Wildman–Crippen LogP) is -3.03. The molecule has 140 valence electrons. The van der Waals surface area contributed by atoms with Gasteiger partial charge in [-0.2, -0.15) is 0 Å². The van der Waals surface area contributed by atoms with Crippen LogP contribution in [0.4, 0.5) is 0 Å². The van der Waals surface area contributed by atoms with E-state index in [1.165, 1.54) is 0 Å². The smallest absolute Gasteiger partial charge is 0.173 e. The highest BCUT2D eigenvalue weighted by atomic mass is 16.7. The van der Waals surface area contributed by atoms with Crippen molar-refractivity contribution in [2.75, 3.05) is 6.54 Å². The van der Waals surface area contributed by atoms with Gasteiger partial charge in [-0.05, 0) is 12.8 Å². The third kappa shape index (κ3) is 4.16. The summed E-state index contributed by atoms with van der Waals surface area (Å²) < 4.78 is 16.6. The van der Waals surface area contributed by atoms with Crippen LogP contribution in [0.3, 0.4) is 0 Å². The van der Waals surface area contributed by atoms with Gasteiger partial charge in [0.1, 0.15) is 30.8 Å². The molecule has 9 atom stereocenters. The van der Waals surface area contributed by atoms with Crippen molar-refractivity contribution in [3.05, 3.63) is 12.5 Å². The lowest BCUT2D eigenvalue weighted by atomic mass is 9.84. The first-order chi connectivity index (χ1) is 11.4. The second-order valence-electron chi connectivity index (χ2n) is 6.29. The molecule has 0 aromatic heterocycles. The van der Waals surface area contributed by atoms with E-state index >= 15 is 0 Å². The van der Waals surface area contributed by atoms with Crippen molar-refractivity contribution in [2.24, 2.45) is 22.9 Å². The molecule has 1 aliphatic carbocycles. The van der Waals surface area contributed by atoms with Gasteiger partial charge >= 0.3 is 0 Å². The van der Waals surface area contributed by atoms with Crippen molar-refractivity contribution in [3.8, 4) is 0 Å². The van der Waals surface area contributed by atoms with Gasteiger partial charge < -0.3 is 52.5 Å². The molecule has 1 heterocycles. The molecule has 0 aromatic rings. The van der Waals surface area contributed by atoms with Crippen molar-refractivity contribution in [3.63, 3.8) is 0 Å². The Kier molecular flexibility index (Phi) is 6.78. The van der Waals surface area contributed by atoms with Gasteiger partial charge in [0.25, 0.3) is 0 Å². The molecule has 1 saturated carbocycles. The molecule has 1 saturated heterocycles. The third-order valence-corrected chi connectivity index (χ3v) is 4.48. The number of aliphatic hydroxyl groups excluding tert-OH is 3. The van der Waals surface area contributed by atoms with Gasteiger partial charge in [-0.25, -0.2) is 0 Å². The van der Waals surface area contributed by atoms with Crippen molar-refractivity contribution in [1.82, 2.24) is 0 Å². The summed E-state index contributed by atoms with van der Waals surface area (Å²) >= 11 is 0. The Morgan fingerprint density at radius 2 is 1.71 bits per heavy atom. The van der Waals surface area contributed by atoms with Gasteiger partial charge in [-0.15, -0.1) is 0 Å². The molecule has 2 fully saturated rings. The summed E-state index contributed by atoms with van der Waals surface area (Å²) in [6.45, 7) is 0.116. The Morgan fingerprint density at radius 1 is 1.04 bits per heavy atom. The Balaban J connectivity index is 2.05. The highest BCUT2D eigenvalue weighted by Crippen LogP contribution is 2.28. The first-order valence-electron chi connectivity index (χ1n) is 7.97. The zero-order chi connectivity index (χ0) is 17.9. The van der Waals surface area contributed by atoms with E-state index in [0.717, 1.165) is 6.26 Å². The minimum absolute atomic E-state index is 0.116. The Morgan fingerprint density at radius 3 is 2.33 bits per heavy atom. The van der Waals surface area contributed by atoms with E-state index in [1.54, 1.807) is 0 Å². The van der Waals surface area contributed by atoms with Crippen LogP contribution in [0.5, 0.6) is 0 Å². The molecule has 10 heteroatoms. The second kappa shape index (κ2) is 8.41.